The molecule has 0 aromatic heterocycles. The van der Waals surface area contributed by atoms with Crippen LogP contribution in [0.5, 0.6) is 5.75 Å². The molecule has 0 fully saturated rings. The number of benzene rings is 2. The number of para-hydroxylation sites is 1. The van der Waals surface area contributed by atoms with Gasteiger partial charge >= 0.3 is 5.97 Å². The highest BCUT2D eigenvalue weighted by atomic mass is 35.5. The number of amides is 1. The fraction of sp³-hybridized carbons (Fsp3) is 0.176. The lowest BCUT2D eigenvalue weighted by molar-refractivity contribution is -0.118. The SMILES string of the molecule is CCOC(=O)c1ccccc1OCC(=O)Nc1cc(Cl)c(Cl)cc1Cl. The maximum absolute atomic E-state index is 12.1. The molecule has 0 aliphatic heterocycles. The molecule has 0 saturated heterocycles. The highest BCUT2D eigenvalue weighted by Gasteiger charge is 2.15. The third-order valence-corrected chi connectivity index (χ3v) is 4.06. The fourth-order valence-electron chi connectivity index (χ4n) is 1.92. The molecule has 25 heavy (non-hydrogen) atoms. The molecule has 2 aromatic carbocycles. The summed E-state index contributed by atoms with van der Waals surface area (Å²) in [5, 5.41) is 3.35. The van der Waals surface area contributed by atoms with Crippen molar-refractivity contribution in [2.24, 2.45) is 0 Å². The number of rotatable bonds is 6. The molecule has 0 radical (unpaired) electrons. The highest BCUT2D eigenvalue weighted by molar-refractivity contribution is 6.44. The van der Waals surface area contributed by atoms with Crippen molar-refractivity contribution in [3.8, 4) is 5.75 Å². The van der Waals surface area contributed by atoms with Gasteiger partial charge < -0.3 is 14.8 Å². The van der Waals surface area contributed by atoms with Crippen molar-refractivity contribution < 1.29 is 19.1 Å². The fourth-order valence-corrected chi connectivity index (χ4v) is 2.51. The van der Waals surface area contributed by atoms with Gasteiger partial charge in [0.25, 0.3) is 5.91 Å². The lowest BCUT2D eigenvalue weighted by Crippen LogP contribution is -2.21. The van der Waals surface area contributed by atoms with Crippen LogP contribution in [0.4, 0.5) is 5.69 Å². The molecule has 2 aromatic rings. The maximum atomic E-state index is 12.1. The molecule has 0 saturated carbocycles. The minimum Gasteiger partial charge on any atom is -0.483 e. The molecule has 2 rings (SSSR count). The quantitative estimate of drug-likeness (QED) is 0.554. The average molecular weight is 403 g/mol. The predicted octanol–water partition coefficient (Wildman–Crippen LogP) is 4.84. The normalized spacial score (nSPS) is 10.2. The van der Waals surface area contributed by atoms with E-state index in [0.29, 0.717) is 5.69 Å². The van der Waals surface area contributed by atoms with E-state index in [2.05, 4.69) is 5.32 Å². The van der Waals surface area contributed by atoms with Gasteiger partial charge in [0.1, 0.15) is 11.3 Å². The van der Waals surface area contributed by atoms with Crippen LogP contribution in [-0.2, 0) is 9.53 Å². The van der Waals surface area contributed by atoms with Crippen molar-refractivity contribution >= 4 is 52.4 Å². The van der Waals surface area contributed by atoms with Gasteiger partial charge in [0.05, 0.1) is 27.4 Å². The van der Waals surface area contributed by atoms with Crippen LogP contribution in [0.25, 0.3) is 0 Å². The van der Waals surface area contributed by atoms with Crippen molar-refractivity contribution in [1.29, 1.82) is 0 Å². The summed E-state index contributed by atoms with van der Waals surface area (Å²) in [6.45, 7) is 1.62. The van der Waals surface area contributed by atoms with E-state index in [1.807, 2.05) is 0 Å². The topological polar surface area (TPSA) is 64.6 Å². The molecule has 0 aliphatic rings. The Morgan fingerprint density at radius 1 is 1.04 bits per heavy atom. The average Bonchev–Trinajstić information content (AvgIpc) is 2.58. The number of carbonyl (C=O) groups excluding carboxylic acids is 2. The molecule has 0 unspecified atom stereocenters. The van der Waals surface area contributed by atoms with Gasteiger partial charge in [0, 0.05) is 0 Å². The van der Waals surface area contributed by atoms with E-state index in [4.69, 9.17) is 44.3 Å². The minimum atomic E-state index is -0.522. The standard InChI is InChI=1S/C17H14Cl3NO4/c1-2-24-17(23)10-5-3-4-6-15(10)25-9-16(22)21-14-8-12(19)11(18)7-13(14)20/h3-8H,2,9H2,1H3,(H,21,22). The summed E-state index contributed by atoms with van der Waals surface area (Å²) in [6, 6.07) is 9.36. The Hall–Kier alpha value is -1.95. The molecule has 0 aliphatic carbocycles. The summed E-state index contributed by atoms with van der Waals surface area (Å²) in [4.78, 5) is 23.9. The summed E-state index contributed by atoms with van der Waals surface area (Å²) in [5.74, 6) is -0.749. The molecule has 0 heterocycles. The van der Waals surface area contributed by atoms with E-state index >= 15 is 0 Å². The lowest BCUT2D eigenvalue weighted by atomic mass is 10.2. The van der Waals surface area contributed by atoms with E-state index in [1.54, 1.807) is 31.2 Å². The first-order valence-corrected chi connectivity index (χ1v) is 8.39. The molecule has 8 heteroatoms. The number of carbonyl (C=O) groups is 2. The van der Waals surface area contributed by atoms with Crippen LogP contribution in [0.15, 0.2) is 36.4 Å². The second kappa shape index (κ2) is 8.94. The van der Waals surface area contributed by atoms with Gasteiger partial charge in [0.15, 0.2) is 6.61 Å². The Morgan fingerprint density at radius 3 is 2.44 bits per heavy atom. The summed E-state index contributed by atoms with van der Waals surface area (Å²) in [5.41, 5.74) is 0.549. The van der Waals surface area contributed by atoms with Crippen molar-refractivity contribution in [3.63, 3.8) is 0 Å². The minimum absolute atomic E-state index is 0.240. The van der Waals surface area contributed by atoms with Crippen LogP contribution in [-0.4, -0.2) is 25.1 Å². The van der Waals surface area contributed by atoms with Gasteiger partial charge in [-0.15, -0.1) is 0 Å². The van der Waals surface area contributed by atoms with Crippen LogP contribution < -0.4 is 10.1 Å². The summed E-state index contributed by atoms with van der Waals surface area (Å²) >= 11 is 17.7. The van der Waals surface area contributed by atoms with Gasteiger partial charge in [-0.1, -0.05) is 46.9 Å². The number of anilines is 1. The Labute approximate surface area is 159 Å². The number of hydrogen-bond acceptors (Lipinski definition) is 4. The predicted molar refractivity (Wildman–Crippen MR) is 98.0 cm³/mol. The van der Waals surface area contributed by atoms with Gasteiger partial charge in [-0.25, -0.2) is 4.79 Å². The number of ether oxygens (including phenoxy) is 2. The Morgan fingerprint density at radius 2 is 1.72 bits per heavy atom. The Kier molecular flexibility index (Phi) is 6.93. The van der Waals surface area contributed by atoms with Gasteiger partial charge in [-0.2, -0.15) is 0 Å². The Bertz CT molecular complexity index is 795. The second-order valence-electron chi connectivity index (χ2n) is 4.80. The first kappa shape index (κ1) is 19.4. The van der Waals surface area contributed by atoms with Gasteiger partial charge in [0.2, 0.25) is 0 Å². The van der Waals surface area contributed by atoms with E-state index in [0.717, 1.165) is 0 Å². The zero-order valence-electron chi connectivity index (χ0n) is 13.1. The number of esters is 1. The van der Waals surface area contributed by atoms with Crippen molar-refractivity contribution in [3.05, 3.63) is 57.0 Å². The molecular weight excluding hydrogens is 389 g/mol. The largest absolute Gasteiger partial charge is 0.483 e. The monoisotopic (exact) mass is 401 g/mol. The van der Waals surface area contributed by atoms with Crippen LogP contribution in [0.1, 0.15) is 17.3 Å². The maximum Gasteiger partial charge on any atom is 0.341 e. The van der Waals surface area contributed by atoms with Gasteiger partial charge in [-0.05, 0) is 31.2 Å². The summed E-state index contributed by atoms with van der Waals surface area (Å²) in [6.07, 6.45) is 0. The smallest absolute Gasteiger partial charge is 0.341 e. The molecule has 0 bridgehead atoms. The van der Waals surface area contributed by atoms with Gasteiger partial charge in [-0.3, -0.25) is 4.79 Å². The lowest BCUT2D eigenvalue weighted by Gasteiger charge is -2.12. The molecule has 0 atom stereocenters. The highest BCUT2D eigenvalue weighted by Crippen LogP contribution is 2.32. The van der Waals surface area contributed by atoms with Crippen molar-refractivity contribution in [2.75, 3.05) is 18.5 Å². The van der Waals surface area contributed by atoms with Crippen LogP contribution >= 0.6 is 34.8 Å². The zero-order valence-corrected chi connectivity index (χ0v) is 15.4. The van der Waals surface area contributed by atoms with E-state index in [-0.39, 0.29) is 39.6 Å². The first-order chi connectivity index (χ1) is 11.9. The molecule has 1 amide bonds. The van der Waals surface area contributed by atoms with Crippen LogP contribution in [0.3, 0.4) is 0 Å². The second-order valence-corrected chi connectivity index (χ2v) is 6.02. The van der Waals surface area contributed by atoms with Crippen molar-refractivity contribution in [2.45, 2.75) is 6.92 Å². The third-order valence-electron chi connectivity index (χ3n) is 3.03. The molecule has 0 spiro atoms. The van der Waals surface area contributed by atoms with Crippen LogP contribution in [0.2, 0.25) is 15.1 Å². The number of halogens is 3. The molecule has 1 N–H and O–H groups in total. The van der Waals surface area contributed by atoms with E-state index in [9.17, 15) is 9.59 Å². The van der Waals surface area contributed by atoms with Crippen LogP contribution in [0, 0.1) is 0 Å². The summed E-state index contributed by atoms with van der Waals surface area (Å²) < 4.78 is 10.4. The van der Waals surface area contributed by atoms with E-state index < -0.39 is 11.9 Å². The zero-order chi connectivity index (χ0) is 18.4. The first-order valence-electron chi connectivity index (χ1n) is 7.25. The third kappa shape index (κ3) is 5.26. The Balaban J connectivity index is 2.04. The molecular formula is C17H14Cl3NO4. The number of hydrogen-bond donors (Lipinski definition) is 1. The summed E-state index contributed by atoms with van der Waals surface area (Å²) in [7, 11) is 0. The number of nitrogens with one attached hydrogen (secondary N) is 1. The van der Waals surface area contributed by atoms with E-state index in [1.165, 1.54) is 12.1 Å². The molecule has 5 nitrogen and oxygen atoms in total. The van der Waals surface area contributed by atoms with Crippen molar-refractivity contribution in [1.82, 2.24) is 0 Å². The molecule has 132 valence electrons.